The van der Waals surface area contributed by atoms with E-state index >= 15 is 0 Å². The lowest BCUT2D eigenvalue weighted by Gasteiger charge is -2.43. The molecule has 2 saturated heterocycles. The van der Waals surface area contributed by atoms with Crippen molar-refractivity contribution in [2.45, 2.75) is 108 Å². The number of nitrogens with zero attached hydrogens (tertiary/aromatic N) is 1. The fourth-order valence-corrected chi connectivity index (χ4v) is 12.8. The number of hydrogen-bond donors (Lipinski definition) is 1. The number of pyridine rings is 1. The summed E-state index contributed by atoms with van der Waals surface area (Å²) in [6, 6.07) is 28.2. The van der Waals surface area contributed by atoms with E-state index < -0.39 is 24.8 Å². The van der Waals surface area contributed by atoms with Crippen molar-refractivity contribution < 1.29 is 22.8 Å². The molecule has 0 bridgehead atoms. The Morgan fingerprint density at radius 2 is 1.61 bits per heavy atom. The van der Waals surface area contributed by atoms with E-state index in [1.807, 2.05) is 27.0 Å². The van der Waals surface area contributed by atoms with E-state index in [2.05, 4.69) is 104 Å². The van der Waals surface area contributed by atoms with Gasteiger partial charge in [0.25, 0.3) is 8.32 Å². The Morgan fingerprint density at radius 1 is 0.922 bits per heavy atom. The summed E-state index contributed by atoms with van der Waals surface area (Å²) in [6.07, 6.45) is 7.94. The molecule has 2 atom stereocenters. The monoisotopic (exact) mass is 728 g/mol. The van der Waals surface area contributed by atoms with Crippen LogP contribution < -0.4 is 15.1 Å². The average Bonchev–Trinajstić information content (AvgIpc) is 3.10. The predicted octanol–water partition coefficient (Wildman–Crippen LogP) is 7.45. The van der Waals surface area contributed by atoms with E-state index in [1.165, 1.54) is 21.3 Å². The van der Waals surface area contributed by atoms with Crippen LogP contribution in [0.1, 0.15) is 90.5 Å². The van der Waals surface area contributed by atoms with Gasteiger partial charge >= 0.3 is 0 Å². The summed E-state index contributed by atoms with van der Waals surface area (Å²) in [7, 11) is -4.01. The fraction of sp³-hybridized carbons (Fsp3) is 0.500. The summed E-state index contributed by atoms with van der Waals surface area (Å²) >= 11 is 0. The molecule has 0 aliphatic carbocycles. The lowest BCUT2D eigenvalue weighted by Crippen LogP contribution is -2.66. The van der Waals surface area contributed by atoms with Crippen molar-refractivity contribution in [1.82, 2.24) is 9.71 Å². The average molecular weight is 729 g/mol. The molecular formula is C42H56N2O5SSi. The Hall–Kier alpha value is -2.76. The van der Waals surface area contributed by atoms with Crippen LogP contribution in [0, 0.1) is 0 Å². The van der Waals surface area contributed by atoms with Crippen molar-refractivity contribution in [3.8, 4) is 0 Å². The molecule has 0 amide bonds. The van der Waals surface area contributed by atoms with Gasteiger partial charge in [0.15, 0.2) is 6.29 Å². The maximum Gasteiger partial charge on any atom is 0.261 e. The zero-order valence-electron chi connectivity index (χ0n) is 31.3. The molecule has 274 valence electrons. The highest BCUT2D eigenvalue weighted by molar-refractivity contribution is 7.84. The Morgan fingerprint density at radius 3 is 2.18 bits per heavy atom. The number of benzene rings is 3. The minimum absolute atomic E-state index is 0.0733. The predicted molar refractivity (Wildman–Crippen MR) is 210 cm³/mol. The highest BCUT2D eigenvalue weighted by atomic mass is 32.2. The molecule has 2 aliphatic heterocycles. The quantitative estimate of drug-likeness (QED) is 0.107. The SMILES string of the molecule is CC(C)(C)S(=O)NC1(c2ccc3c(CCCCOC4CCCCO4)c(CO[Si](c4ccccc4)(c4ccccc4)C(C)(C)C)ncc3c2)COC1. The highest BCUT2D eigenvalue weighted by Crippen LogP contribution is 2.38. The largest absolute Gasteiger partial charge is 0.401 e. The molecule has 9 heteroatoms. The van der Waals surface area contributed by atoms with Crippen molar-refractivity contribution >= 4 is 40.4 Å². The zero-order chi connectivity index (χ0) is 36.1. The lowest BCUT2D eigenvalue weighted by atomic mass is 9.87. The number of rotatable bonds is 14. The second-order valence-electron chi connectivity index (χ2n) is 16.1. The first-order valence-electron chi connectivity index (χ1n) is 18.6. The molecule has 51 heavy (non-hydrogen) atoms. The summed E-state index contributed by atoms with van der Waals surface area (Å²) in [5, 5.41) is 4.62. The van der Waals surface area contributed by atoms with E-state index in [-0.39, 0.29) is 16.1 Å². The topological polar surface area (TPSA) is 78.9 Å². The molecule has 3 heterocycles. The smallest absolute Gasteiger partial charge is 0.261 e. The number of aromatic nitrogens is 1. The standard InChI is InChI=1S/C42H56N2O5SSi/c1-40(2,3)50(45)44-42(30-46-31-42)33-23-24-36-32(27-33)28-43-38(37(36)21-13-15-25-47-39-22-14-16-26-48-39)29-49-51(41(4,5)6,34-17-9-7-10-18-34)35-19-11-8-12-20-35/h7-12,17-20,23-24,27-28,39,44H,13-16,21-22,25-26,29-31H2,1-6H3. The van der Waals surface area contributed by atoms with Crippen molar-refractivity contribution in [1.29, 1.82) is 0 Å². The van der Waals surface area contributed by atoms with Crippen LogP contribution >= 0.6 is 0 Å². The van der Waals surface area contributed by atoms with Crippen LogP contribution in [0.3, 0.4) is 0 Å². The van der Waals surface area contributed by atoms with Gasteiger partial charge in [-0.25, -0.2) is 8.93 Å². The summed E-state index contributed by atoms with van der Waals surface area (Å²) in [5.74, 6) is 0. The minimum atomic E-state index is -2.77. The van der Waals surface area contributed by atoms with Gasteiger partial charge in [-0.3, -0.25) is 4.98 Å². The Bertz CT molecular complexity index is 1720. The van der Waals surface area contributed by atoms with Crippen LogP contribution in [0.25, 0.3) is 10.8 Å². The first kappa shape index (κ1) is 38.0. The van der Waals surface area contributed by atoms with Crippen LogP contribution in [0.4, 0.5) is 0 Å². The van der Waals surface area contributed by atoms with Crippen molar-refractivity contribution in [3.05, 3.63) is 102 Å². The molecule has 1 aromatic heterocycles. The molecule has 0 spiro atoms. The number of hydrogen-bond acceptors (Lipinski definition) is 6. The maximum atomic E-state index is 13.2. The Labute approximate surface area is 308 Å². The van der Waals surface area contributed by atoms with E-state index in [9.17, 15) is 4.21 Å². The highest BCUT2D eigenvalue weighted by Gasteiger charge is 2.50. The van der Waals surface area contributed by atoms with Gasteiger partial charge in [0.05, 0.1) is 41.2 Å². The number of aryl methyl sites for hydroxylation is 1. The normalized spacial score (nSPS) is 18.7. The molecular weight excluding hydrogens is 673 g/mol. The van der Waals surface area contributed by atoms with Crippen LogP contribution in [0.5, 0.6) is 0 Å². The number of ether oxygens (including phenoxy) is 3. The van der Waals surface area contributed by atoms with Gasteiger partial charge in [-0.05, 0) is 97.3 Å². The van der Waals surface area contributed by atoms with Gasteiger partial charge in [0.1, 0.15) is 5.54 Å². The molecule has 2 unspecified atom stereocenters. The van der Waals surface area contributed by atoms with Gasteiger partial charge in [0, 0.05) is 24.8 Å². The third kappa shape index (κ3) is 8.41. The van der Waals surface area contributed by atoms with E-state index in [4.69, 9.17) is 23.6 Å². The van der Waals surface area contributed by atoms with Gasteiger partial charge < -0.3 is 18.6 Å². The first-order chi connectivity index (χ1) is 24.4. The van der Waals surface area contributed by atoms with Crippen molar-refractivity contribution in [2.24, 2.45) is 0 Å². The van der Waals surface area contributed by atoms with Crippen LogP contribution in [0.15, 0.2) is 85.1 Å². The number of nitrogens with one attached hydrogen (secondary N) is 1. The summed E-state index contributed by atoms with van der Waals surface area (Å²) < 4.78 is 41.2. The van der Waals surface area contributed by atoms with Gasteiger partial charge in [0.2, 0.25) is 0 Å². The summed E-state index contributed by atoms with van der Waals surface area (Å²) in [4.78, 5) is 5.15. The van der Waals surface area contributed by atoms with Crippen LogP contribution in [-0.4, -0.2) is 55.0 Å². The number of fused-ring (bicyclic) bond motifs is 1. The molecule has 4 aromatic rings. The second-order valence-corrected chi connectivity index (χ2v) is 22.4. The van der Waals surface area contributed by atoms with Crippen molar-refractivity contribution in [2.75, 3.05) is 26.4 Å². The van der Waals surface area contributed by atoms with E-state index in [1.54, 1.807) is 0 Å². The minimum Gasteiger partial charge on any atom is -0.401 e. The molecule has 2 fully saturated rings. The Kier molecular flexibility index (Phi) is 12.0. The summed E-state index contributed by atoms with van der Waals surface area (Å²) in [6.45, 7) is 15.8. The van der Waals surface area contributed by atoms with E-state index in [0.29, 0.717) is 26.4 Å². The van der Waals surface area contributed by atoms with Crippen LogP contribution in [0.2, 0.25) is 5.04 Å². The van der Waals surface area contributed by atoms with Crippen LogP contribution in [-0.2, 0) is 48.2 Å². The maximum absolute atomic E-state index is 13.2. The lowest BCUT2D eigenvalue weighted by molar-refractivity contribution is -0.162. The molecule has 3 aromatic carbocycles. The van der Waals surface area contributed by atoms with Gasteiger partial charge in [-0.2, -0.15) is 0 Å². The molecule has 0 radical (unpaired) electrons. The zero-order valence-corrected chi connectivity index (χ0v) is 33.2. The molecule has 1 N–H and O–H groups in total. The molecule has 2 aliphatic rings. The molecule has 0 saturated carbocycles. The Balaban J connectivity index is 1.33. The van der Waals surface area contributed by atoms with Crippen molar-refractivity contribution in [3.63, 3.8) is 0 Å². The first-order valence-corrected chi connectivity index (χ1v) is 21.7. The third-order valence-electron chi connectivity index (χ3n) is 10.3. The molecule has 7 nitrogen and oxygen atoms in total. The van der Waals surface area contributed by atoms with Gasteiger partial charge in [-0.15, -0.1) is 0 Å². The summed E-state index contributed by atoms with van der Waals surface area (Å²) in [5.41, 5.74) is 2.78. The number of unbranched alkanes of at least 4 members (excludes halogenated alkanes) is 1. The second kappa shape index (κ2) is 16.1. The fourth-order valence-electron chi connectivity index (χ4n) is 7.35. The van der Waals surface area contributed by atoms with E-state index in [0.717, 1.165) is 61.8 Å². The molecule has 6 rings (SSSR count). The van der Waals surface area contributed by atoms with Gasteiger partial charge in [-0.1, -0.05) is 93.6 Å². The third-order valence-corrected chi connectivity index (χ3v) is 17.0.